The zero-order chi connectivity index (χ0) is 33.4. The molecule has 4 bridgehead atoms. The second-order valence-electron chi connectivity index (χ2n) is 17.7. The molecule has 0 radical (unpaired) electrons. The number of nitrogens with zero attached hydrogens (tertiary/aromatic N) is 4. The van der Waals surface area contributed by atoms with Gasteiger partial charge < -0.3 is 29.9 Å². The van der Waals surface area contributed by atoms with Crippen molar-refractivity contribution in [2.24, 2.45) is 22.0 Å². The second kappa shape index (κ2) is 9.43. The van der Waals surface area contributed by atoms with Gasteiger partial charge in [0, 0.05) is 36.3 Å². The van der Waals surface area contributed by atoms with Gasteiger partial charge in [-0.15, -0.1) is 0 Å². The van der Waals surface area contributed by atoms with Crippen molar-refractivity contribution < 1.29 is 29.9 Å². The smallest absolute Gasteiger partial charge is 0.166 e. The van der Waals surface area contributed by atoms with Crippen LogP contribution in [0.1, 0.15) is 86.5 Å². The lowest BCUT2D eigenvalue weighted by atomic mass is 9.48. The van der Waals surface area contributed by atoms with E-state index in [-0.39, 0.29) is 23.6 Å². The molecule has 0 amide bonds. The maximum absolute atomic E-state index is 12.9. The van der Waals surface area contributed by atoms with Gasteiger partial charge in [0.25, 0.3) is 0 Å². The maximum atomic E-state index is 12.9. The molecule has 4 saturated carbocycles. The predicted molar refractivity (Wildman–Crippen MR) is 184 cm³/mol. The third kappa shape index (κ3) is 3.37. The average molecular weight is 679 g/mol. The third-order valence-corrected chi connectivity index (χ3v) is 15.5. The van der Waals surface area contributed by atoms with Gasteiger partial charge in [-0.1, -0.05) is 12.1 Å². The fourth-order valence-corrected chi connectivity index (χ4v) is 12.9. The Bertz CT molecular complexity index is 1800. The summed E-state index contributed by atoms with van der Waals surface area (Å²) in [5.41, 5.74) is 2.56. The fraction of sp³-hybridized carbons (Fsp3) is 0.650. The molecule has 50 heavy (non-hydrogen) atoms. The number of aromatic hydroxyl groups is 2. The summed E-state index contributed by atoms with van der Waals surface area (Å²) in [6, 6.07) is 7.58. The molecule has 10 heteroatoms. The van der Waals surface area contributed by atoms with Crippen LogP contribution in [-0.2, 0) is 23.7 Å². The first-order valence-electron chi connectivity index (χ1n) is 19.4. The van der Waals surface area contributed by atoms with E-state index in [9.17, 15) is 20.4 Å². The summed E-state index contributed by atoms with van der Waals surface area (Å²) >= 11 is 0. The number of aliphatic hydroxyl groups is 2. The zero-order valence-electron chi connectivity index (χ0n) is 28.5. The van der Waals surface area contributed by atoms with Crippen LogP contribution < -0.4 is 9.47 Å². The molecular weight excluding hydrogens is 632 g/mol. The van der Waals surface area contributed by atoms with E-state index in [0.29, 0.717) is 37.2 Å². The Kier molecular flexibility index (Phi) is 5.54. The molecular formula is C40H46N4O6. The van der Waals surface area contributed by atoms with Crippen LogP contribution in [0.4, 0.5) is 0 Å². The number of rotatable bonds is 5. The molecule has 6 fully saturated rings. The highest BCUT2D eigenvalue weighted by atomic mass is 16.5. The zero-order valence-corrected chi connectivity index (χ0v) is 28.5. The van der Waals surface area contributed by atoms with E-state index in [2.05, 4.69) is 9.80 Å². The van der Waals surface area contributed by atoms with E-state index in [1.807, 2.05) is 12.1 Å². The highest BCUT2D eigenvalue weighted by molar-refractivity contribution is 5.97. The normalized spacial score (nSPS) is 43.4. The van der Waals surface area contributed by atoms with Crippen molar-refractivity contribution in [1.29, 1.82) is 0 Å². The summed E-state index contributed by atoms with van der Waals surface area (Å²) in [5, 5.41) is 58.0. The number of hydrogen-bond donors (Lipinski definition) is 4. The molecule has 262 valence electrons. The van der Waals surface area contributed by atoms with Gasteiger partial charge >= 0.3 is 0 Å². The summed E-state index contributed by atoms with van der Waals surface area (Å²) < 4.78 is 13.5. The molecule has 6 aliphatic carbocycles. The minimum Gasteiger partial charge on any atom is -0.504 e. The van der Waals surface area contributed by atoms with Crippen LogP contribution in [0.5, 0.6) is 23.0 Å². The lowest BCUT2D eigenvalue weighted by Gasteiger charge is -2.63. The molecule has 4 aliphatic heterocycles. The Morgan fingerprint density at radius 3 is 1.50 bits per heavy atom. The molecule has 2 spiro atoms. The minimum absolute atomic E-state index is 0.00576. The van der Waals surface area contributed by atoms with Crippen molar-refractivity contribution in [1.82, 2.24) is 9.80 Å². The maximum Gasteiger partial charge on any atom is 0.166 e. The summed E-state index contributed by atoms with van der Waals surface area (Å²) in [5.74, 6) is 2.72. The predicted octanol–water partition coefficient (Wildman–Crippen LogP) is 3.72. The molecule has 10 aliphatic rings. The molecule has 4 N–H and O–H groups in total. The number of phenolic OH excluding ortho intramolecular Hbond substituents is 2. The summed E-state index contributed by atoms with van der Waals surface area (Å²) in [6.07, 6.45) is 9.35. The number of benzene rings is 2. The third-order valence-electron chi connectivity index (χ3n) is 15.5. The Hall–Kier alpha value is -3.18. The Morgan fingerprint density at radius 1 is 0.640 bits per heavy atom. The topological polar surface area (TPSA) is 131 Å². The van der Waals surface area contributed by atoms with Gasteiger partial charge in [-0.05, 0) is 125 Å². The molecule has 0 unspecified atom stereocenters. The Morgan fingerprint density at radius 2 is 1.08 bits per heavy atom. The Balaban J connectivity index is 0.947. The van der Waals surface area contributed by atoms with E-state index in [4.69, 9.17) is 19.7 Å². The number of ether oxygens (including phenoxy) is 2. The van der Waals surface area contributed by atoms with Crippen molar-refractivity contribution in [3.8, 4) is 23.0 Å². The molecule has 4 heterocycles. The molecule has 10 nitrogen and oxygen atoms in total. The summed E-state index contributed by atoms with van der Waals surface area (Å²) in [4.78, 5) is 5.09. The van der Waals surface area contributed by atoms with E-state index in [1.165, 1.54) is 36.8 Å². The van der Waals surface area contributed by atoms with E-state index in [0.717, 1.165) is 86.2 Å². The molecule has 12 rings (SSSR count). The van der Waals surface area contributed by atoms with E-state index < -0.39 is 34.2 Å². The lowest BCUT2D eigenvalue weighted by molar-refractivity contribution is -0.167. The monoisotopic (exact) mass is 678 g/mol. The van der Waals surface area contributed by atoms with E-state index >= 15 is 0 Å². The van der Waals surface area contributed by atoms with Crippen LogP contribution in [0.2, 0.25) is 0 Å². The van der Waals surface area contributed by atoms with Crippen molar-refractivity contribution in [2.75, 3.05) is 26.2 Å². The standard InChI is InChI=1S/C40H46N4O6/c45-27-7-5-23-17-29-39(47)11-9-25(35-37(39,31(23)33(27)49-35)13-15-43(29)19-21-1-2-21)41-42-26-10-12-40(48)30-18-24-6-8-28(46)34-32(24)38(40,36(26)50-34)14-16-44(30)20-22-3-4-22/h5-8,21-22,29-30,35-36,45-48H,1-4,9-20H2/b41-25-,42-26-/t29-,30-,35+,36+,37+,38+,39-,40-/m1/s1. The molecule has 0 aromatic heterocycles. The van der Waals surface area contributed by atoms with Crippen LogP contribution in [-0.4, -0.2) is 103 Å². The number of hydrogen-bond acceptors (Lipinski definition) is 10. The number of phenols is 2. The molecule has 8 atom stereocenters. The van der Waals surface area contributed by atoms with Crippen LogP contribution >= 0.6 is 0 Å². The first-order chi connectivity index (χ1) is 24.2. The van der Waals surface area contributed by atoms with Gasteiger partial charge in [0.15, 0.2) is 35.2 Å². The highest BCUT2D eigenvalue weighted by Gasteiger charge is 2.74. The van der Waals surface area contributed by atoms with Crippen LogP contribution in [0.3, 0.4) is 0 Å². The van der Waals surface area contributed by atoms with Gasteiger partial charge in [0.1, 0.15) is 0 Å². The van der Waals surface area contributed by atoms with Crippen molar-refractivity contribution in [2.45, 2.75) is 123 Å². The van der Waals surface area contributed by atoms with Crippen LogP contribution in [0.25, 0.3) is 0 Å². The Labute approximate surface area is 291 Å². The molecule has 2 aromatic rings. The van der Waals surface area contributed by atoms with Gasteiger partial charge in [-0.2, -0.15) is 10.2 Å². The first kappa shape index (κ1) is 29.4. The fourth-order valence-electron chi connectivity index (χ4n) is 12.9. The minimum atomic E-state index is -0.987. The quantitative estimate of drug-likeness (QED) is 0.353. The number of likely N-dealkylation sites (tertiary alicyclic amines) is 2. The van der Waals surface area contributed by atoms with Gasteiger partial charge in [0.05, 0.1) is 33.5 Å². The van der Waals surface area contributed by atoms with Gasteiger partial charge in [-0.25, -0.2) is 0 Å². The summed E-state index contributed by atoms with van der Waals surface area (Å²) in [6.45, 7) is 3.86. The van der Waals surface area contributed by atoms with Gasteiger partial charge in [-0.3, -0.25) is 9.80 Å². The summed E-state index contributed by atoms with van der Waals surface area (Å²) in [7, 11) is 0. The highest BCUT2D eigenvalue weighted by Crippen LogP contribution is 2.67. The van der Waals surface area contributed by atoms with E-state index in [1.54, 1.807) is 12.1 Å². The average Bonchev–Trinajstić information content (AvgIpc) is 4.03. The van der Waals surface area contributed by atoms with Crippen LogP contribution in [0.15, 0.2) is 34.5 Å². The first-order valence-corrected chi connectivity index (χ1v) is 19.4. The van der Waals surface area contributed by atoms with Crippen molar-refractivity contribution in [3.05, 3.63) is 46.5 Å². The molecule has 2 aromatic carbocycles. The largest absolute Gasteiger partial charge is 0.504 e. The number of piperidine rings is 2. The molecule has 2 saturated heterocycles. The van der Waals surface area contributed by atoms with Crippen molar-refractivity contribution in [3.63, 3.8) is 0 Å². The van der Waals surface area contributed by atoms with Crippen LogP contribution in [0, 0.1) is 11.8 Å². The van der Waals surface area contributed by atoms with Gasteiger partial charge in [0.2, 0.25) is 0 Å². The second-order valence-corrected chi connectivity index (χ2v) is 17.7. The lowest BCUT2D eigenvalue weighted by Crippen LogP contribution is -2.76. The SMILES string of the molecule is Oc1ccc2c3c1O[C@H]1/C(=N\N=C4\CC[C@@]5(O)[C@H]6Cc7ccc(O)c8c7[C@@]5(CCN6CC5CC5)[C@H]4O8)CC[C@@]4(O)[C@@H](C2)N(CC2CC2)CC[C@]314. The van der Waals surface area contributed by atoms with Crippen molar-refractivity contribution >= 4 is 11.4 Å².